The second-order valence-electron chi connectivity index (χ2n) is 4.58. The third-order valence-corrected chi connectivity index (χ3v) is 2.99. The van der Waals surface area contributed by atoms with Gasteiger partial charge in [-0.15, -0.1) is 0 Å². The largest absolute Gasteiger partial charge is 0.395 e. The summed E-state index contributed by atoms with van der Waals surface area (Å²) in [5.41, 5.74) is 2.70. The molecule has 4 nitrogen and oxygen atoms in total. The molecule has 0 saturated heterocycles. The first-order valence-corrected chi connectivity index (χ1v) is 6.88. The highest BCUT2D eigenvalue weighted by molar-refractivity contribution is 5.96. The lowest BCUT2D eigenvalue weighted by atomic mass is 10.1. The summed E-state index contributed by atoms with van der Waals surface area (Å²) >= 11 is 0. The molecular formula is C15H24N2O2. The molecule has 1 aromatic carbocycles. The van der Waals surface area contributed by atoms with Gasteiger partial charge in [-0.05, 0) is 44.0 Å². The summed E-state index contributed by atoms with van der Waals surface area (Å²) in [5.74, 6) is -0.00329. The van der Waals surface area contributed by atoms with Crippen LogP contribution in [0.2, 0.25) is 0 Å². The molecule has 0 radical (unpaired) electrons. The maximum atomic E-state index is 12.4. The normalized spacial score (nSPS) is 10.3. The van der Waals surface area contributed by atoms with Crippen LogP contribution in [0, 0.1) is 6.92 Å². The van der Waals surface area contributed by atoms with E-state index in [1.165, 1.54) is 0 Å². The summed E-state index contributed by atoms with van der Waals surface area (Å²) in [4.78, 5) is 14.1. The number of hydrogen-bond donors (Lipinski definition) is 2. The van der Waals surface area contributed by atoms with Crippen LogP contribution in [0.4, 0.5) is 5.69 Å². The second-order valence-corrected chi connectivity index (χ2v) is 4.58. The average molecular weight is 264 g/mol. The van der Waals surface area contributed by atoms with Crippen molar-refractivity contribution in [2.75, 3.05) is 31.6 Å². The Morgan fingerprint density at radius 3 is 2.58 bits per heavy atom. The van der Waals surface area contributed by atoms with Crippen molar-refractivity contribution in [2.45, 2.75) is 27.2 Å². The Kier molecular flexibility index (Phi) is 6.36. The predicted molar refractivity (Wildman–Crippen MR) is 78.6 cm³/mol. The molecule has 4 heteroatoms. The van der Waals surface area contributed by atoms with Crippen molar-refractivity contribution in [1.29, 1.82) is 0 Å². The predicted octanol–water partition coefficient (Wildman–Crippen LogP) is 2.27. The third-order valence-electron chi connectivity index (χ3n) is 2.99. The number of aliphatic hydroxyl groups is 1. The quantitative estimate of drug-likeness (QED) is 0.794. The molecule has 1 rings (SSSR count). The van der Waals surface area contributed by atoms with Crippen molar-refractivity contribution in [3.05, 3.63) is 29.3 Å². The van der Waals surface area contributed by atoms with E-state index >= 15 is 0 Å². The molecule has 0 saturated carbocycles. The molecule has 0 atom stereocenters. The number of amides is 1. The summed E-state index contributed by atoms with van der Waals surface area (Å²) in [6.45, 7) is 7.93. The van der Waals surface area contributed by atoms with Crippen LogP contribution in [0.25, 0.3) is 0 Å². The average Bonchev–Trinajstić information content (AvgIpc) is 2.38. The molecule has 106 valence electrons. The summed E-state index contributed by atoms with van der Waals surface area (Å²) in [6, 6.07) is 5.77. The molecule has 1 aromatic rings. The number of aryl methyl sites for hydroxylation is 1. The first-order valence-electron chi connectivity index (χ1n) is 6.88. The van der Waals surface area contributed by atoms with E-state index in [1.807, 2.05) is 39.0 Å². The zero-order chi connectivity index (χ0) is 14.3. The van der Waals surface area contributed by atoms with Gasteiger partial charge < -0.3 is 15.3 Å². The van der Waals surface area contributed by atoms with Gasteiger partial charge in [0.2, 0.25) is 0 Å². The zero-order valence-corrected chi connectivity index (χ0v) is 12.1. The molecule has 0 bridgehead atoms. The van der Waals surface area contributed by atoms with E-state index < -0.39 is 0 Å². The molecule has 1 amide bonds. The van der Waals surface area contributed by atoms with Gasteiger partial charge in [-0.3, -0.25) is 4.79 Å². The SMILES string of the molecule is CCCN(CCO)C(=O)c1ccc(NCC)cc1C. The van der Waals surface area contributed by atoms with Crippen LogP contribution >= 0.6 is 0 Å². The van der Waals surface area contributed by atoms with Crippen LogP contribution in [-0.2, 0) is 0 Å². The molecule has 0 heterocycles. The molecule has 0 aromatic heterocycles. The van der Waals surface area contributed by atoms with Crippen LogP contribution in [-0.4, -0.2) is 42.2 Å². The lowest BCUT2D eigenvalue weighted by Crippen LogP contribution is -2.34. The molecule has 2 N–H and O–H groups in total. The number of carbonyl (C=O) groups excluding carboxylic acids is 1. The molecular weight excluding hydrogens is 240 g/mol. The van der Waals surface area contributed by atoms with E-state index in [0.29, 0.717) is 18.7 Å². The minimum Gasteiger partial charge on any atom is -0.395 e. The van der Waals surface area contributed by atoms with Gasteiger partial charge >= 0.3 is 0 Å². The van der Waals surface area contributed by atoms with Crippen LogP contribution in [0.1, 0.15) is 36.2 Å². The maximum Gasteiger partial charge on any atom is 0.254 e. The highest BCUT2D eigenvalue weighted by atomic mass is 16.3. The van der Waals surface area contributed by atoms with Crippen molar-refractivity contribution in [3.63, 3.8) is 0 Å². The third kappa shape index (κ3) is 4.24. The molecule has 0 aliphatic carbocycles. The molecule has 0 aliphatic rings. The van der Waals surface area contributed by atoms with E-state index in [9.17, 15) is 4.79 Å². The van der Waals surface area contributed by atoms with Gasteiger partial charge in [0.1, 0.15) is 0 Å². The lowest BCUT2D eigenvalue weighted by molar-refractivity contribution is 0.0721. The standard InChI is InChI=1S/C15H24N2O2/c1-4-8-17(9-10-18)15(19)14-7-6-13(16-5-2)11-12(14)3/h6-7,11,16,18H,4-5,8-10H2,1-3H3. The summed E-state index contributed by atoms with van der Waals surface area (Å²) < 4.78 is 0. The van der Waals surface area contributed by atoms with Gasteiger partial charge in [0, 0.05) is 30.9 Å². The van der Waals surface area contributed by atoms with Gasteiger partial charge in [-0.2, -0.15) is 0 Å². The Bertz CT molecular complexity index is 413. The Morgan fingerprint density at radius 2 is 2.05 bits per heavy atom. The number of carbonyl (C=O) groups is 1. The van der Waals surface area contributed by atoms with Gasteiger partial charge in [-0.1, -0.05) is 6.92 Å². The second kappa shape index (κ2) is 7.79. The smallest absolute Gasteiger partial charge is 0.254 e. The first kappa shape index (κ1) is 15.5. The van der Waals surface area contributed by atoms with E-state index in [4.69, 9.17) is 5.11 Å². The number of rotatable bonds is 7. The Hall–Kier alpha value is -1.55. The zero-order valence-electron chi connectivity index (χ0n) is 12.1. The Morgan fingerprint density at radius 1 is 1.32 bits per heavy atom. The monoisotopic (exact) mass is 264 g/mol. The fraction of sp³-hybridized carbons (Fsp3) is 0.533. The first-order chi connectivity index (χ1) is 9.13. The number of nitrogens with zero attached hydrogens (tertiary/aromatic N) is 1. The number of benzene rings is 1. The van der Waals surface area contributed by atoms with Gasteiger partial charge in [-0.25, -0.2) is 0 Å². The number of nitrogens with one attached hydrogen (secondary N) is 1. The van der Waals surface area contributed by atoms with E-state index in [2.05, 4.69) is 5.32 Å². The summed E-state index contributed by atoms with van der Waals surface area (Å²) in [5, 5.41) is 12.3. The van der Waals surface area contributed by atoms with Gasteiger partial charge in [0.05, 0.1) is 6.61 Å². The van der Waals surface area contributed by atoms with Crippen molar-refractivity contribution in [2.24, 2.45) is 0 Å². The number of aliphatic hydroxyl groups excluding tert-OH is 1. The fourth-order valence-corrected chi connectivity index (χ4v) is 2.09. The van der Waals surface area contributed by atoms with E-state index in [1.54, 1.807) is 4.90 Å². The van der Waals surface area contributed by atoms with Crippen molar-refractivity contribution >= 4 is 11.6 Å². The molecule has 0 aliphatic heterocycles. The molecule has 0 unspecified atom stereocenters. The molecule has 0 spiro atoms. The lowest BCUT2D eigenvalue weighted by Gasteiger charge is -2.22. The Labute approximate surface area is 115 Å². The van der Waals surface area contributed by atoms with E-state index in [-0.39, 0.29) is 12.5 Å². The fourth-order valence-electron chi connectivity index (χ4n) is 2.09. The van der Waals surface area contributed by atoms with Gasteiger partial charge in [0.25, 0.3) is 5.91 Å². The van der Waals surface area contributed by atoms with Crippen LogP contribution in [0.15, 0.2) is 18.2 Å². The van der Waals surface area contributed by atoms with Gasteiger partial charge in [0.15, 0.2) is 0 Å². The highest BCUT2D eigenvalue weighted by Gasteiger charge is 2.16. The number of hydrogen-bond acceptors (Lipinski definition) is 3. The van der Waals surface area contributed by atoms with E-state index in [0.717, 1.165) is 24.2 Å². The molecule has 0 fully saturated rings. The number of anilines is 1. The minimum absolute atomic E-state index is 0.000259. The van der Waals surface area contributed by atoms with Crippen LogP contribution in [0.5, 0.6) is 0 Å². The highest BCUT2D eigenvalue weighted by Crippen LogP contribution is 2.17. The minimum atomic E-state index is -0.00329. The van der Waals surface area contributed by atoms with Crippen molar-refractivity contribution < 1.29 is 9.90 Å². The summed E-state index contributed by atoms with van der Waals surface area (Å²) in [6.07, 6.45) is 0.889. The summed E-state index contributed by atoms with van der Waals surface area (Å²) in [7, 11) is 0. The molecule has 19 heavy (non-hydrogen) atoms. The van der Waals surface area contributed by atoms with Crippen molar-refractivity contribution in [3.8, 4) is 0 Å². The van der Waals surface area contributed by atoms with Crippen molar-refractivity contribution in [1.82, 2.24) is 4.90 Å². The maximum absolute atomic E-state index is 12.4. The Balaban J connectivity index is 2.91. The van der Waals surface area contributed by atoms with Crippen LogP contribution in [0.3, 0.4) is 0 Å². The van der Waals surface area contributed by atoms with Crippen LogP contribution < -0.4 is 5.32 Å². The topological polar surface area (TPSA) is 52.6 Å².